The van der Waals surface area contributed by atoms with Gasteiger partial charge in [-0.25, -0.2) is 4.39 Å². The summed E-state index contributed by atoms with van der Waals surface area (Å²) in [7, 11) is 0. The number of halogens is 1. The van der Waals surface area contributed by atoms with Crippen LogP contribution in [0.3, 0.4) is 0 Å². The highest BCUT2D eigenvalue weighted by Gasteiger charge is 2.04. The van der Waals surface area contributed by atoms with Crippen molar-refractivity contribution < 1.29 is 9.13 Å². The Morgan fingerprint density at radius 3 is 2.94 bits per heavy atom. The highest BCUT2D eigenvalue weighted by atomic mass is 19.1. The second-order valence-electron chi connectivity index (χ2n) is 3.32. The van der Waals surface area contributed by atoms with Crippen LogP contribution < -0.4 is 10.5 Å². The highest BCUT2D eigenvalue weighted by molar-refractivity contribution is 5.34. The van der Waals surface area contributed by atoms with E-state index in [0.29, 0.717) is 31.7 Å². The molecule has 1 aromatic carbocycles. The summed E-state index contributed by atoms with van der Waals surface area (Å²) in [6.45, 7) is 2.79. The van der Waals surface area contributed by atoms with E-state index in [2.05, 4.69) is 11.8 Å². The molecule has 1 aromatic rings. The van der Waals surface area contributed by atoms with Crippen molar-refractivity contribution in [2.45, 2.75) is 19.8 Å². The minimum atomic E-state index is -0.260. The molecule has 2 nitrogen and oxygen atoms in total. The molecule has 0 saturated heterocycles. The van der Waals surface area contributed by atoms with Crippen LogP contribution in [0.5, 0.6) is 5.75 Å². The Morgan fingerprint density at radius 2 is 2.25 bits per heavy atom. The molecule has 0 unspecified atom stereocenters. The minimum absolute atomic E-state index is 0.260. The van der Waals surface area contributed by atoms with Gasteiger partial charge in [0.05, 0.1) is 6.61 Å². The van der Waals surface area contributed by atoms with E-state index in [1.165, 1.54) is 12.1 Å². The first-order chi connectivity index (χ1) is 7.77. The molecule has 0 bridgehead atoms. The quantitative estimate of drug-likeness (QED) is 0.610. The van der Waals surface area contributed by atoms with Gasteiger partial charge in [0.1, 0.15) is 11.6 Å². The van der Waals surface area contributed by atoms with Crippen LogP contribution in [-0.2, 0) is 6.42 Å². The van der Waals surface area contributed by atoms with Crippen molar-refractivity contribution in [1.29, 1.82) is 0 Å². The molecule has 0 aliphatic heterocycles. The van der Waals surface area contributed by atoms with Gasteiger partial charge in [-0.1, -0.05) is 0 Å². The van der Waals surface area contributed by atoms with Gasteiger partial charge in [0.15, 0.2) is 0 Å². The van der Waals surface area contributed by atoms with Crippen LogP contribution in [0.25, 0.3) is 0 Å². The van der Waals surface area contributed by atoms with Crippen molar-refractivity contribution in [1.82, 2.24) is 0 Å². The van der Waals surface area contributed by atoms with E-state index in [-0.39, 0.29) is 5.82 Å². The first kappa shape index (κ1) is 12.5. The summed E-state index contributed by atoms with van der Waals surface area (Å²) in [5.74, 6) is 6.14. The largest absolute Gasteiger partial charge is 0.492 e. The second kappa shape index (κ2) is 6.86. The van der Waals surface area contributed by atoms with Crippen LogP contribution in [0, 0.1) is 17.7 Å². The topological polar surface area (TPSA) is 35.2 Å². The smallest absolute Gasteiger partial charge is 0.123 e. The molecule has 0 spiro atoms. The summed E-state index contributed by atoms with van der Waals surface area (Å²) < 4.78 is 18.5. The van der Waals surface area contributed by atoms with E-state index in [1.807, 2.05) is 0 Å². The average molecular weight is 221 g/mol. The summed E-state index contributed by atoms with van der Waals surface area (Å²) in [4.78, 5) is 0. The van der Waals surface area contributed by atoms with Gasteiger partial charge >= 0.3 is 0 Å². The van der Waals surface area contributed by atoms with Gasteiger partial charge in [-0.05, 0) is 43.7 Å². The molecular formula is C13H16FNO. The zero-order valence-electron chi connectivity index (χ0n) is 9.42. The van der Waals surface area contributed by atoms with Crippen LogP contribution in [0.4, 0.5) is 4.39 Å². The van der Waals surface area contributed by atoms with Crippen LogP contribution >= 0.6 is 0 Å². The maximum Gasteiger partial charge on any atom is 0.123 e. The standard InChI is InChI=1S/C13H16FNO/c1-2-3-4-9-16-13-6-5-12(14)10-11(13)7-8-15/h5-6,10H,4,7-9,15H2,1H3. The van der Waals surface area contributed by atoms with Gasteiger partial charge in [0.2, 0.25) is 0 Å². The summed E-state index contributed by atoms with van der Waals surface area (Å²) in [5.41, 5.74) is 6.27. The fourth-order valence-corrected chi connectivity index (χ4v) is 1.38. The Balaban J connectivity index is 2.65. The third-order valence-corrected chi connectivity index (χ3v) is 2.10. The SMILES string of the molecule is CC#CCCOc1ccc(F)cc1CCN. The second-order valence-corrected chi connectivity index (χ2v) is 3.32. The number of hydrogen-bond donors (Lipinski definition) is 1. The molecule has 0 heterocycles. The summed E-state index contributed by atoms with van der Waals surface area (Å²) in [5, 5.41) is 0. The highest BCUT2D eigenvalue weighted by Crippen LogP contribution is 2.20. The average Bonchev–Trinajstić information content (AvgIpc) is 2.27. The lowest BCUT2D eigenvalue weighted by atomic mass is 10.1. The van der Waals surface area contributed by atoms with Crippen molar-refractivity contribution in [2.75, 3.05) is 13.2 Å². The molecule has 0 amide bonds. The van der Waals surface area contributed by atoms with Crippen molar-refractivity contribution in [3.63, 3.8) is 0 Å². The predicted molar refractivity (Wildman–Crippen MR) is 62.7 cm³/mol. The van der Waals surface area contributed by atoms with Crippen LogP contribution in [0.2, 0.25) is 0 Å². The lowest BCUT2D eigenvalue weighted by Crippen LogP contribution is -2.06. The molecule has 0 aliphatic rings. The van der Waals surface area contributed by atoms with E-state index in [4.69, 9.17) is 10.5 Å². The zero-order chi connectivity index (χ0) is 11.8. The molecule has 0 aromatic heterocycles. The van der Waals surface area contributed by atoms with Gasteiger partial charge in [0.25, 0.3) is 0 Å². The normalized spacial score (nSPS) is 9.44. The molecule has 0 aliphatic carbocycles. The fourth-order valence-electron chi connectivity index (χ4n) is 1.38. The first-order valence-electron chi connectivity index (χ1n) is 5.29. The molecule has 86 valence electrons. The number of ether oxygens (including phenoxy) is 1. The van der Waals surface area contributed by atoms with Gasteiger partial charge in [-0.2, -0.15) is 0 Å². The molecule has 0 fully saturated rings. The number of benzene rings is 1. The van der Waals surface area contributed by atoms with E-state index >= 15 is 0 Å². The Kier molecular flexibility index (Phi) is 5.38. The van der Waals surface area contributed by atoms with E-state index < -0.39 is 0 Å². The molecule has 3 heteroatoms. The van der Waals surface area contributed by atoms with Crippen LogP contribution in [0.1, 0.15) is 18.9 Å². The van der Waals surface area contributed by atoms with Gasteiger partial charge in [-0.15, -0.1) is 11.8 Å². The molecule has 16 heavy (non-hydrogen) atoms. The van der Waals surface area contributed by atoms with Crippen molar-refractivity contribution >= 4 is 0 Å². The molecule has 0 saturated carbocycles. The molecule has 0 atom stereocenters. The Hall–Kier alpha value is -1.53. The fraction of sp³-hybridized carbons (Fsp3) is 0.385. The Morgan fingerprint density at radius 1 is 1.44 bits per heavy atom. The summed E-state index contributed by atoms with van der Waals surface area (Å²) in [6.07, 6.45) is 1.29. The number of nitrogens with two attached hydrogens (primary N) is 1. The van der Waals surface area contributed by atoms with Gasteiger partial charge < -0.3 is 10.5 Å². The lowest BCUT2D eigenvalue weighted by molar-refractivity contribution is 0.323. The van der Waals surface area contributed by atoms with E-state index in [1.54, 1.807) is 13.0 Å². The zero-order valence-corrected chi connectivity index (χ0v) is 9.42. The third-order valence-electron chi connectivity index (χ3n) is 2.10. The van der Waals surface area contributed by atoms with Crippen molar-refractivity contribution in [3.8, 4) is 17.6 Å². The number of rotatable bonds is 5. The van der Waals surface area contributed by atoms with Crippen molar-refractivity contribution in [2.24, 2.45) is 5.73 Å². The molecular weight excluding hydrogens is 205 g/mol. The molecule has 0 radical (unpaired) electrons. The summed E-state index contributed by atoms with van der Waals surface area (Å²) >= 11 is 0. The maximum absolute atomic E-state index is 13.0. The minimum Gasteiger partial charge on any atom is -0.492 e. The third kappa shape index (κ3) is 3.92. The van der Waals surface area contributed by atoms with E-state index in [9.17, 15) is 4.39 Å². The van der Waals surface area contributed by atoms with Gasteiger partial charge in [0, 0.05) is 6.42 Å². The first-order valence-corrected chi connectivity index (χ1v) is 5.29. The monoisotopic (exact) mass is 221 g/mol. The van der Waals surface area contributed by atoms with Crippen molar-refractivity contribution in [3.05, 3.63) is 29.6 Å². The van der Waals surface area contributed by atoms with Crippen LogP contribution in [-0.4, -0.2) is 13.2 Å². The molecule has 1 rings (SSSR count). The number of hydrogen-bond acceptors (Lipinski definition) is 2. The maximum atomic E-state index is 13.0. The van der Waals surface area contributed by atoms with E-state index in [0.717, 1.165) is 5.56 Å². The predicted octanol–water partition coefficient (Wildman–Crippen LogP) is 2.12. The molecule has 2 N–H and O–H groups in total. The van der Waals surface area contributed by atoms with Crippen LogP contribution in [0.15, 0.2) is 18.2 Å². The lowest BCUT2D eigenvalue weighted by Gasteiger charge is -2.09. The van der Waals surface area contributed by atoms with Gasteiger partial charge in [-0.3, -0.25) is 0 Å². The summed E-state index contributed by atoms with van der Waals surface area (Å²) in [6, 6.07) is 4.49. The Bertz CT molecular complexity index is 393. The Labute approximate surface area is 95.6 Å².